The first-order chi connectivity index (χ1) is 13.8. The van der Waals surface area contributed by atoms with Crippen LogP contribution in [0.4, 0.5) is 8.78 Å². The highest BCUT2D eigenvalue weighted by Gasteiger charge is 2.32. The Labute approximate surface area is 177 Å². The highest BCUT2D eigenvalue weighted by atomic mass is 79.9. The number of carbonyl (C=O) groups excluding carboxylic acids is 1. The molecule has 3 rings (SSSR count). The number of hydrogen-bond acceptors (Lipinski definition) is 2. The fourth-order valence-corrected chi connectivity index (χ4v) is 4.35. The summed E-state index contributed by atoms with van der Waals surface area (Å²) < 4.78 is 29.2. The third-order valence-electron chi connectivity index (χ3n) is 5.79. The molecule has 4 nitrogen and oxygen atoms in total. The monoisotopic (exact) mass is 466 g/mol. The Kier molecular flexibility index (Phi) is 6.56. The molecule has 2 aromatic rings. The van der Waals surface area contributed by atoms with Gasteiger partial charge < -0.3 is 9.88 Å². The molecule has 1 unspecified atom stereocenters. The third-order valence-corrected chi connectivity index (χ3v) is 6.72. The summed E-state index contributed by atoms with van der Waals surface area (Å²) in [6.45, 7) is 5.98. The van der Waals surface area contributed by atoms with Gasteiger partial charge in [-0.3, -0.25) is 9.59 Å². The number of nitrogens with one attached hydrogen (secondary N) is 1. The van der Waals surface area contributed by atoms with Crippen LogP contribution in [-0.2, 0) is 6.54 Å². The van der Waals surface area contributed by atoms with E-state index in [-0.39, 0.29) is 17.4 Å². The number of pyridine rings is 1. The molecule has 1 aromatic heterocycles. The normalized spacial score (nSPS) is 15.1. The Hall–Kier alpha value is -2.02. The Morgan fingerprint density at radius 1 is 1.28 bits per heavy atom. The molecule has 0 spiro atoms. The predicted molar refractivity (Wildman–Crippen MR) is 112 cm³/mol. The van der Waals surface area contributed by atoms with Gasteiger partial charge in [0.05, 0.1) is 16.1 Å². The van der Waals surface area contributed by atoms with Crippen molar-refractivity contribution in [1.29, 1.82) is 0 Å². The molecular weight excluding hydrogens is 442 g/mol. The van der Waals surface area contributed by atoms with E-state index >= 15 is 0 Å². The first kappa shape index (κ1) is 21.7. The molecule has 7 heteroatoms. The van der Waals surface area contributed by atoms with Gasteiger partial charge in [-0.05, 0) is 78.2 Å². The van der Waals surface area contributed by atoms with Crippen molar-refractivity contribution in [3.05, 3.63) is 67.0 Å². The highest BCUT2D eigenvalue weighted by Crippen LogP contribution is 2.38. The Bertz CT molecular complexity index is 999. The van der Waals surface area contributed by atoms with Gasteiger partial charge in [-0.2, -0.15) is 0 Å². The van der Waals surface area contributed by atoms with Crippen molar-refractivity contribution in [2.75, 3.05) is 0 Å². The Balaban J connectivity index is 2.00. The molecule has 156 valence electrons. The molecule has 29 heavy (non-hydrogen) atoms. The van der Waals surface area contributed by atoms with E-state index in [1.54, 1.807) is 18.4 Å². The molecule has 1 amide bonds. The van der Waals surface area contributed by atoms with Crippen LogP contribution in [0, 0.1) is 31.4 Å². The zero-order valence-corrected chi connectivity index (χ0v) is 18.4. The van der Waals surface area contributed by atoms with Crippen LogP contribution in [0.5, 0.6) is 0 Å². The average Bonchev–Trinajstić information content (AvgIpc) is 2.64. The molecule has 0 saturated heterocycles. The quantitative estimate of drug-likeness (QED) is 0.636. The minimum absolute atomic E-state index is 0.158. The van der Waals surface area contributed by atoms with Gasteiger partial charge in [-0.1, -0.05) is 19.4 Å². The smallest absolute Gasteiger partial charge is 0.265 e. The van der Waals surface area contributed by atoms with E-state index in [0.29, 0.717) is 33.4 Å². The van der Waals surface area contributed by atoms with Gasteiger partial charge in [-0.25, -0.2) is 8.78 Å². The van der Waals surface area contributed by atoms with Gasteiger partial charge in [0.1, 0.15) is 0 Å². The number of nitrogens with zero attached hydrogens (tertiary/aromatic N) is 1. The fourth-order valence-electron chi connectivity index (χ4n) is 3.94. The molecule has 1 fully saturated rings. The Morgan fingerprint density at radius 3 is 2.52 bits per heavy atom. The topological polar surface area (TPSA) is 51.1 Å². The lowest BCUT2D eigenvalue weighted by Gasteiger charge is -2.35. The molecule has 1 saturated carbocycles. The number of rotatable bonds is 6. The van der Waals surface area contributed by atoms with E-state index in [0.717, 1.165) is 37.8 Å². The maximum absolute atomic E-state index is 13.8. The number of hydrogen-bond donors (Lipinski definition) is 1. The van der Waals surface area contributed by atoms with E-state index in [9.17, 15) is 18.4 Å². The maximum atomic E-state index is 13.8. The van der Waals surface area contributed by atoms with Gasteiger partial charge >= 0.3 is 0 Å². The summed E-state index contributed by atoms with van der Waals surface area (Å²) in [5, 5.41) is 3.03. The van der Waals surface area contributed by atoms with E-state index < -0.39 is 17.7 Å². The van der Waals surface area contributed by atoms with Gasteiger partial charge in [0.2, 0.25) is 0 Å². The second kappa shape index (κ2) is 8.78. The second-order valence-electron chi connectivity index (χ2n) is 7.67. The first-order valence-electron chi connectivity index (χ1n) is 9.91. The molecule has 0 bridgehead atoms. The van der Waals surface area contributed by atoms with E-state index in [4.69, 9.17) is 0 Å². The van der Waals surface area contributed by atoms with Crippen LogP contribution in [0.3, 0.4) is 0 Å². The van der Waals surface area contributed by atoms with Crippen molar-refractivity contribution in [3.63, 3.8) is 0 Å². The van der Waals surface area contributed by atoms with Crippen LogP contribution < -0.4 is 10.9 Å². The second-order valence-corrected chi connectivity index (χ2v) is 8.46. The standard InChI is InChI=1S/C22H25BrF2N2O2/c1-4-10-27-13(3)18(12(2)19(23)22(27)29)21(28)26-20(14-6-5-7-14)15-8-9-16(24)17(25)11-15/h8-9,11,14,20H,4-7,10H2,1-3H3,(H,26,28). The highest BCUT2D eigenvalue weighted by molar-refractivity contribution is 9.10. The molecule has 1 atom stereocenters. The lowest BCUT2D eigenvalue weighted by molar-refractivity contribution is 0.0898. The first-order valence-corrected chi connectivity index (χ1v) is 10.7. The van der Waals surface area contributed by atoms with Crippen molar-refractivity contribution in [1.82, 2.24) is 9.88 Å². The molecule has 1 aliphatic rings. The summed E-state index contributed by atoms with van der Waals surface area (Å²) in [5.74, 6) is -1.97. The van der Waals surface area contributed by atoms with Crippen LogP contribution >= 0.6 is 15.9 Å². The SMILES string of the molecule is CCCn1c(C)c(C(=O)NC(c2ccc(F)c(F)c2)C2CCC2)c(C)c(Br)c1=O. The van der Waals surface area contributed by atoms with Gasteiger partial charge in [-0.15, -0.1) is 0 Å². The summed E-state index contributed by atoms with van der Waals surface area (Å²) in [6, 6.07) is 3.37. The van der Waals surface area contributed by atoms with E-state index in [2.05, 4.69) is 21.2 Å². The Morgan fingerprint density at radius 2 is 1.97 bits per heavy atom. The number of aromatic nitrogens is 1. The summed E-state index contributed by atoms with van der Waals surface area (Å²) in [4.78, 5) is 25.8. The molecule has 1 aliphatic carbocycles. The zero-order valence-electron chi connectivity index (χ0n) is 16.8. The minimum Gasteiger partial charge on any atom is -0.345 e. The van der Waals surface area contributed by atoms with Crippen LogP contribution in [0.25, 0.3) is 0 Å². The number of benzene rings is 1. The molecular formula is C22H25BrF2N2O2. The molecule has 0 aliphatic heterocycles. The molecule has 0 radical (unpaired) electrons. The number of carbonyl (C=O) groups is 1. The van der Waals surface area contributed by atoms with Crippen molar-refractivity contribution < 1.29 is 13.6 Å². The summed E-state index contributed by atoms with van der Waals surface area (Å²) in [7, 11) is 0. The lowest BCUT2D eigenvalue weighted by Crippen LogP contribution is -2.38. The summed E-state index contributed by atoms with van der Waals surface area (Å²) in [6.07, 6.45) is 3.64. The fraction of sp³-hybridized carbons (Fsp3) is 0.455. The average molecular weight is 467 g/mol. The summed E-state index contributed by atoms with van der Waals surface area (Å²) in [5.41, 5.74) is 2.02. The van der Waals surface area contributed by atoms with Gasteiger partial charge in [0.25, 0.3) is 11.5 Å². The largest absolute Gasteiger partial charge is 0.345 e. The van der Waals surface area contributed by atoms with E-state index in [1.165, 1.54) is 6.07 Å². The van der Waals surface area contributed by atoms with Crippen LogP contribution in [0.15, 0.2) is 27.5 Å². The van der Waals surface area contributed by atoms with Crippen molar-refractivity contribution >= 4 is 21.8 Å². The lowest BCUT2D eigenvalue weighted by atomic mass is 9.77. The minimum atomic E-state index is -0.923. The van der Waals surface area contributed by atoms with Crippen LogP contribution in [0.1, 0.15) is 65.8 Å². The van der Waals surface area contributed by atoms with Gasteiger partial charge in [0.15, 0.2) is 11.6 Å². The molecule has 1 aromatic carbocycles. The van der Waals surface area contributed by atoms with Crippen molar-refractivity contribution in [2.24, 2.45) is 5.92 Å². The third kappa shape index (κ3) is 4.15. The van der Waals surface area contributed by atoms with Crippen LogP contribution in [-0.4, -0.2) is 10.5 Å². The molecule has 1 N–H and O–H groups in total. The van der Waals surface area contributed by atoms with Crippen molar-refractivity contribution in [2.45, 2.75) is 59.0 Å². The number of halogens is 3. The van der Waals surface area contributed by atoms with Crippen LogP contribution in [0.2, 0.25) is 0 Å². The zero-order chi connectivity index (χ0) is 21.3. The van der Waals surface area contributed by atoms with Crippen molar-refractivity contribution in [3.8, 4) is 0 Å². The number of amides is 1. The van der Waals surface area contributed by atoms with E-state index in [1.807, 2.05) is 6.92 Å². The molecule has 1 heterocycles. The summed E-state index contributed by atoms with van der Waals surface area (Å²) >= 11 is 3.33. The van der Waals surface area contributed by atoms with Gasteiger partial charge in [0, 0.05) is 12.2 Å². The predicted octanol–water partition coefficient (Wildman–Crippen LogP) is 5.19. The maximum Gasteiger partial charge on any atom is 0.265 e.